The molecule has 1 atom stereocenters. The summed E-state index contributed by atoms with van der Waals surface area (Å²) >= 11 is 1.64. The molecule has 1 saturated heterocycles. The Balaban J connectivity index is 1.82. The maximum absolute atomic E-state index is 12.0. The number of aromatic nitrogens is 1. The molecule has 1 aliphatic rings. The van der Waals surface area contributed by atoms with Gasteiger partial charge in [-0.15, -0.1) is 11.3 Å². The van der Waals surface area contributed by atoms with Crippen LogP contribution in [0.25, 0.3) is 0 Å². The van der Waals surface area contributed by atoms with E-state index in [1.54, 1.807) is 11.3 Å². The lowest BCUT2D eigenvalue weighted by Crippen LogP contribution is -2.43. The minimum Gasteiger partial charge on any atom is -0.341 e. The van der Waals surface area contributed by atoms with Gasteiger partial charge in [0.2, 0.25) is 5.91 Å². The van der Waals surface area contributed by atoms with Gasteiger partial charge in [0.15, 0.2) is 0 Å². The summed E-state index contributed by atoms with van der Waals surface area (Å²) < 4.78 is 0. The summed E-state index contributed by atoms with van der Waals surface area (Å²) in [7, 11) is 0. The normalized spacial score (nSPS) is 17.4. The molecular formula is C12H19N3OS. The van der Waals surface area contributed by atoms with Crippen molar-refractivity contribution in [2.45, 2.75) is 39.3 Å². The van der Waals surface area contributed by atoms with Crippen molar-refractivity contribution >= 4 is 17.2 Å². The number of nitrogens with zero attached hydrogens (tertiary/aromatic N) is 2. The number of hydrogen-bond acceptors (Lipinski definition) is 4. The van der Waals surface area contributed by atoms with Crippen molar-refractivity contribution in [3.05, 3.63) is 16.1 Å². The van der Waals surface area contributed by atoms with E-state index in [4.69, 9.17) is 0 Å². The highest BCUT2D eigenvalue weighted by atomic mass is 32.1. The van der Waals surface area contributed by atoms with Crippen LogP contribution >= 0.6 is 11.3 Å². The largest absolute Gasteiger partial charge is 0.341 e. The fraction of sp³-hybridized carbons (Fsp3) is 0.667. The smallest absolute Gasteiger partial charge is 0.239 e. The molecule has 0 bridgehead atoms. The molecule has 2 rings (SSSR count). The van der Waals surface area contributed by atoms with Crippen LogP contribution in [-0.4, -0.2) is 34.9 Å². The van der Waals surface area contributed by atoms with Gasteiger partial charge in [-0.3, -0.25) is 4.79 Å². The highest BCUT2D eigenvalue weighted by Crippen LogP contribution is 2.13. The minimum atomic E-state index is -0.102. The quantitative estimate of drug-likeness (QED) is 0.885. The summed E-state index contributed by atoms with van der Waals surface area (Å²) in [4.78, 5) is 19.4. The average Bonchev–Trinajstić information content (AvgIpc) is 2.96. The fourth-order valence-corrected chi connectivity index (χ4v) is 2.77. The number of thiazole rings is 1. The van der Waals surface area contributed by atoms with E-state index in [1.165, 1.54) is 4.88 Å². The maximum Gasteiger partial charge on any atom is 0.239 e. The summed E-state index contributed by atoms with van der Waals surface area (Å²) in [5.41, 5.74) is 2.91. The van der Waals surface area contributed by atoms with E-state index < -0.39 is 0 Å². The Morgan fingerprint density at radius 1 is 1.59 bits per heavy atom. The van der Waals surface area contributed by atoms with E-state index in [9.17, 15) is 4.79 Å². The second kappa shape index (κ2) is 5.60. The number of rotatable bonds is 4. The first kappa shape index (κ1) is 12.5. The first-order valence-corrected chi connectivity index (χ1v) is 6.97. The molecular weight excluding hydrogens is 234 g/mol. The Labute approximate surface area is 106 Å². The predicted octanol–water partition coefficient (Wildman–Crippen LogP) is 1.55. The Morgan fingerprint density at radius 2 is 2.29 bits per heavy atom. The first-order chi connectivity index (χ1) is 8.18. The van der Waals surface area contributed by atoms with Crippen LogP contribution in [0, 0.1) is 6.92 Å². The zero-order valence-corrected chi connectivity index (χ0v) is 11.2. The van der Waals surface area contributed by atoms with Gasteiger partial charge in [0.1, 0.15) is 0 Å². The zero-order valence-electron chi connectivity index (χ0n) is 10.4. The van der Waals surface area contributed by atoms with Gasteiger partial charge in [0, 0.05) is 24.5 Å². The molecule has 94 valence electrons. The third-order valence-electron chi connectivity index (χ3n) is 3.20. The van der Waals surface area contributed by atoms with Crippen LogP contribution in [0.15, 0.2) is 5.51 Å². The maximum atomic E-state index is 12.0. The van der Waals surface area contributed by atoms with Crippen molar-refractivity contribution in [1.29, 1.82) is 0 Å². The molecule has 1 aromatic heterocycles. The van der Waals surface area contributed by atoms with E-state index >= 15 is 0 Å². The van der Waals surface area contributed by atoms with Gasteiger partial charge in [0.25, 0.3) is 0 Å². The van der Waals surface area contributed by atoms with Crippen molar-refractivity contribution in [3.63, 3.8) is 0 Å². The van der Waals surface area contributed by atoms with Crippen LogP contribution < -0.4 is 5.32 Å². The minimum absolute atomic E-state index is 0.102. The lowest BCUT2D eigenvalue weighted by Gasteiger charge is -2.21. The van der Waals surface area contributed by atoms with E-state index in [0.29, 0.717) is 0 Å². The number of aryl methyl sites for hydroxylation is 1. The predicted molar refractivity (Wildman–Crippen MR) is 69.0 cm³/mol. The topological polar surface area (TPSA) is 45.2 Å². The average molecular weight is 253 g/mol. The number of carbonyl (C=O) groups excluding carboxylic acids is 1. The molecule has 2 heterocycles. The van der Waals surface area contributed by atoms with Gasteiger partial charge in [-0.05, 0) is 26.7 Å². The van der Waals surface area contributed by atoms with Crippen molar-refractivity contribution in [2.75, 3.05) is 13.1 Å². The van der Waals surface area contributed by atoms with Gasteiger partial charge in [-0.25, -0.2) is 4.98 Å². The summed E-state index contributed by atoms with van der Waals surface area (Å²) in [6.07, 6.45) is 2.29. The lowest BCUT2D eigenvalue weighted by atomic mass is 10.2. The van der Waals surface area contributed by atoms with E-state index in [1.807, 2.05) is 24.3 Å². The molecule has 5 heteroatoms. The molecule has 1 unspecified atom stereocenters. The summed E-state index contributed by atoms with van der Waals surface area (Å²) in [6.45, 7) is 6.52. The molecule has 1 aromatic rings. The van der Waals surface area contributed by atoms with Gasteiger partial charge >= 0.3 is 0 Å². The molecule has 0 aliphatic carbocycles. The number of carbonyl (C=O) groups is 1. The third-order valence-corrected chi connectivity index (χ3v) is 4.14. The molecule has 0 radical (unpaired) electrons. The van der Waals surface area contributed by atoms with Gasteiger partial charge in [-0.2, -0.15) is 0 Å². The Morgan fingerprint density at radius 3 is 2.88 bits per heavy atom. The molecule has 1 N–H and O–H groups in total. The summed E-state index contributed by atoms with van der Waals surface area (Å²) in [5, 5.41) is 3.28. The number of likely N-dealkylation sites (tertiary alicyclic amines) is 1. The lowest BCUT2D eigenvalue weighted by molar-refractivity contribution is -0.131. The third kappa shape index (κ3) is 3.04. The Hall–Kier alpha value is -0.940. The molecule has 4 nitrogen and oxygen atoms in total. The number of hydrogen-bond donors (Lipinski definition) is 1. The molecule has 1 amide bonds. The van der Waals surface area contributed by atoms with E-state index in [2.05, 4.69) is 10.3 Å². The van der Waals surface area contributed by atoms with Crippen LogP contribution in [0.2, 0.25) is 0 Å². The SMILES string of the molecule is Cc1ncsc1CNC(C)C(=O)N1CCCC1. The number of nitrogens with one attached hydrogen (secondary N) is 1. The van der Waals surface area contributed by atoms with Gasteiger partial charge in [-0.1, -0.05) is 0 Å². The highest BCUT2D eigenvalue weighted by molar-refractivity contribution is 7.09. The van der Waals surface area contributed by atoms with Crippen LogP contribution in [0.4, 0.5) is 0 Å². The zero-order chi connectivity index (χ0) is 12.3. The highest BCUT2D eigenvalue weighted by Gasteiger charge is 2.22. The van der Waals surface area contributed by atoms with Crippen molar-refractivity contribution in [3.8, 4) is 0 Å². The van der Waals surface area contributed by atoms with Crippen molar-refractivity contribution in [2.24, 2.45) is 0 Å². The number of amides is 1. The second-order valence-corrected chi connectivity index (χ2v) is 5.44. The van der Waals surface area contributed by atoms with E-state index in [-0.39, 0.29) is 11.9 Å². The second-order valence-electron chi connectivity index (χ2n) is 4.50. The standard InChI is InChI=1S/C12H19N3OS/c1-9-11(17-8-14-9)7-13-10(2)12(16)15-5-3-4-6-15/h8,10,13H,3-7H2,1-2H3. The molecule has 1 fully saturated rings. The van der Waals surface area contributed by atoms with Crippen LogP contribution in [0.5, 0.6) is 0 Å². The molecule has 0 spiro atoms. The molecule has 17 heavy (non-hydrogen) atoms. The Bertz CT molecular complexity index is 385. The first-order valence-electron chi connectivity index (χ1n) is 6.09. The van der Waals surface area contributed by atoms with Gasteiger partial charge in [0.05, 0.1) is 17.2 Å². The van der Waals surface area contributed by atoms with Crippen LogP contribution in [-0.2, 0) is 11.3 Å². The van der Waals surface area contributed by atoms with E-state index in [0.717, 1.165) is 38.2 Å². The Kier molecular flexibility index (Phi) is 4.12. The van der Waals surface area contributed by atoms with Crippen LogP contribution in [0.3, 0.4) is 0 Å². The van der Waals surface area contributed by atoms with Crippen molar-refractivity contribution < 1.29 is 4.79 Å². The molecule has 1 aliphatic heterocycles. The molecule has 0 saturated carbocycles. The van der Waals surface area contributed by atoms with Crippen LogP contribution in [0.1, 0.15) is 30.3 Å². The summed E-state index contributed by atoms with van der Waals surface area (Å²) in [5.74, 6) is 0.227. The molecule has 0 aromatic carbocycles. The van der Waals surface area contributed by atoms with Crippen molar-refractivity contribution in [1.82, 2.24) is 15.2 Å². The summed E-state index contributed by atoms with van der Waals surface area (Å²) in [6, 6.07) is -0.102. The van der Waals surface area contributed by atoms with Gasteiger partial charge < -0.3 is 10.2 Å². The fourth-order valence-electron chi connectivity index (χ4n) is 2.04. The monoisotopic (exact) mass is 253 g/mol.